The predicted octanol–water partition coefficient (Wildman–Crippen LogP) is 3.57. The molecule has 2 aromatic rings. The smallest absolute Gasteiger partial charge is 0.334 e. The van der Waals surface area contributed by atoms with Crippen molar-refractivity contribution in [2.24, 2.45) is 0 Å². The van der Waals surface area contributed by atoms with Gasteiger partial charge in [0.05, 0.1) is 0 Å². The Morgan fingerprint density at radius 2 is 1.79 bits per heavy atom. The van der Waals surface area contributed by atoms with E-state index in [1.165, 1.54) is 12.0 Å². The minimum Gasteiger partial charge on any atom is -0.337 e. The largest absolute Gasteiger partial charge is 0.337 e. The Morgan fingerprint density at radius 3 is 2.52 bits per heavy atom. The molecule has 29 heavy (non-hydrogen) atoms. The van der Waals surface area contributed by atoms with Gasteiger partial charge < -0.3 is 4.52 Å². The minimum atomic E-state index is -0.876. The highest BCUT2D eigenvalue weighted by atomic mass is 35.5. The molecule has 0 bridgehead atoms. The van der Waals surface area contributed by atoms with E-state index in [1.807, 2.05) is 0 Å². The fourth-order valence-corrected chi connectivity index (χ4v) is 3.57. The first kappa shape index (κ1) is 19.3. The molecule has 0 saturated carbocycles. The van der Waals surface area contributed by atoms with E-state index >= 15 is 0 Å². The van der Waals surface area contributed by atoms with Gasteiger partial charge in [-0.05, 0) is 56.4 Å². The summed E-state index contributed by atoms with van der Waals surface area (Å²) in [5.41, 5.74) is 1.91. The van der Waals surface area contributed by atoms with Crippen molar-refractivity contribution in [3.05, 3.63) is 46.8 Å². The van der Waals surface area contributed by atoms with E-state index in [2.05, 4.69) is 16.2 Å². The van der Waals surface area contributed by atoms with Crippen molar-refractivity contribution in [3.8, 4) is 11.4 Å². The molecule has 0 N–H and O–H groups in total. The van der Waals surface area contributed by atoms with Gasteiger partial charge in [0.25, 0.3) is 0 Å². The first-order valence-corrected chi connectivity index (χ1v) is 9.84. The van der Waals surface area contributed by atoms with Crippen LogP contribution in [0.2, 0.25) is 5.02 Å². The monoisotopic (exact) mass is 414 g/mol. The number of carbonyl (C=O) groups excluding carboxylic acids is 3. The number of halogens is 1. The quantitative estimate of drug-likeness (QED) is 0.407. The third-order valence-electron chi connectivity index (χ3n) is 5.04. The lowest BCUT2D eigenvalue weighted by atomic mass is 9.97. The Kier molecular flexibility index (Phi) is 5.44. The Labute approximate surface area is 172 Å². The molecule has 0 radical (unpaired) electrons. The van der Waals surface area contributed by atoms with E-state index in [-0.39, 0.29) is 19.0 Å². The molecule has 1 aromatic carbocycles. The third-order valence-corrected chi connectivity index (χ3v) is 5.29. The zero-order valence-electron chi connectivity index (χ0n) is 15.6. The second-order valence-corrected chi connectivity index (χ2v) is 7.44. The molecule has 2 aliphatic rings. The molecule has 0 unspecified atom stereocenters. The molecule has 4 amide bonds. The van der Waals surface area contributed by atoms with Gasteiger partial charge >= 0.3 is 17.8 Å². The number of benzene rings is 1. The number of amides is 4. The summed E-state index contributed by atoms with van der Waals surface area (Å²) < 4.78 is 5.15. The zero-order valence-corrected chi connectivity index (χ0v) is 16.4. The number of imide groups is 2. The Hall–Kier alpha value is -3.00. The highest BCUT2D eigenvalue weighted by Crippen LogP contribution is 2.23. The van der Waals surface area contributed by atoms with Gasteiger partial charge in [-0.25, -0.2) is 9.69 Å². The normalized spacial score (nSPS) is 17.3. The molecular formula is C20H19ClN4O4. The van der Waals surface area contributed by atoms with Crippen LogP contribution in [-0.4, -0.2) is 44.3 Å². The van der Waals surface area contributed by atoms with Gasteiger partial charge in [0, 0.05) is 17.1 Å². The van der Waals surface area contributed by atoms with Gasteiger partial charge in [-0.1, -0.05) is 28.4 Å². The number of nitrogens with zero attached hydrogens (tertiary/aromatic N) is 4. The predicted molar refractivity (Wildman–Crippen MR) is 104 cm³/mol. The van der Waals surface area contributed by atoms with Crippen molar-refractivity contribution < 1.29 is 18.9 Å². The summed E-state index contributed by atoms with van der Waals surface area (Å²) in [5.74, 6) is -1.31. The van der Waals surface area contributed by atoms with Gasteiger partial charge in [0.1, 0.15) is 6.54 Å². The molecule has 1 saturated heterocycles. The molecule has 4 rings (SSSR count). The molecule has 1 aliphatic heterocycles. The van der Waals surface area contributed by atoms with Crippen LogP contribution in [0.15, 0.2) is 40.4 Å². The fraction of sp³-hybridized carbons (Fsp3) is 0.350. The summed E-state index contributed by atoms with van der Waals surface area (Å²) in [6, 6.07) is 6.20. The van der Waals surface area contributed by atoms with E-state index in [4.69, 9.17) is 16.1 Å². The third kappa shape index (κ3) is 4.07. The van der Waals surface area contributed by atoms with Crippen molar-refractivity contribution >= 4 is 29.4 Å². The van der Waals surface area contributed by atoms with Crippen LogP contribution >= 0.6 is 11.6 Å². The Bertz CT molecular complexity index is 983. The van der Waals surface area contributed by atoms with E-state index in [1.54, 1.807) is 24.3 Å². The molecule has 0 atom stereocenters. The van der Waals surface area contributed by atoms with Gasteiger partial charge in [-0.2, -0.15) is 4.98 Å². The highest BCUT2D eigenvalue weighted by molar-refractivity contribution is 6.44. The average molecular weight is 415 g/mol. The maximum atomic E-state index is 12.6. The number of hydrogen-bond donors (Lipinski definition) is 0. The molecule has 1 fully saturated rings. The van der Waals surface area contributed by atoms with E-state index in [0.717, 1.165) is 29.1 Å². The molecule has 1 aromatic heterocycles. The number of hydrogen-bond acceptors (Lipinski definition) is 6. The highest BCUT2D eigenvalue weighted by Gasteiger charge is 2.44. The van der Waals surface area contributed by atoms with Crippen LogP contribution in [0.1, 0.15) is 38.0 Å². The van der Waals surface area contributed by atoms with Gasteiger partial charge in [0.15, 0.2) is 0 Å². The molecule has 0 spiro atoms. The lowest BCUT2D eigenvalue weighted by Crippen LogP contribution is -2.34. The topological polar surface area (TPSA) is 96.6 Å². The van der Waals surface area contributed by atoms with Crippen LogP contribution in [0.5, 0.6) is 0 Å². The maximum absolute atomic E-state index is 12.6. The van der Waals surface area contributed by atoms with Crippen LogP contribution in [0.3, 0.4) is 0 Å². The van der Waals surface area contributed by atoms with Gasteiger partial charge in [0.2, 0.25) is 11.7 Å². The van der Waals surface area contributed by atoms with Crippen molar-refractivity contribution in [2.75, 3.05) is 6.54 Å². The number of allylic oxidation sites excluding steroid dienone is 1. The number of carbonyl (C=O) groups is 3. The number of rotatable bonds is 6. The summed E-state index contributed by atoms with van der Waals surface area (Å²) >= 11 is 5.87. The van der Waals surface area contributed by atoms with E-state index < -0.39 is 17.8 Å². The number of aromatic nitrogens is 2. The summed E-state index contributed by atoms with van der Waals surface area (Å²) in [5, 5.41) is 4.44. The van der Waals surface area contributed by atoms with Crippen LogP contribution < -0.4 is 0 Å². The second kappa shape index (κ2) is 8.16. The van der Waals surface area contributed by atoms with Crippen LogP contribution in [0.25, 0.3) is 11.4 Å². The van der Waals surface area contributed by atoms with Gasteiger partial charge in [-0.15, -0.1) is 0 Å². The standard InChI is InChI=1S/C20H19ClN4O4/c21-15-8-6-14(7-9-15)17-22-16(29-23-17)12-25-19(27)18(26)24(20(25)28)11-10-13-4-2-1-3-5-13/h4,6-9H,1-3,5,10-12H2. The van der Waals surface area contributed by atoms with Gasteiger partial charge in [-0.3, -0.25) is 14.5 Å². The summed E-state index contributed by atoms with van der Waals surface area (Å²) in [7, 11) is 0. The minimum absolute atomic E-state index is 0.0706. The van der Waals surface area contributed by atoms with Crippen LogP contribution in [-0.2, 0) is 16.1 Å². The molecule has 1 aliphatic carbocycles. The molecule has 150 valence electrons. The number of urea groups is 1. The van der Waals surface area contributed by atoms with E-state index in [9.17, 15) is 14.4 Å². The van der Waals surface area contributed by atoms with Crippen LogP contribution in [0, 0.1) is 0 Å². The second-order valence-electron chi connectivity index (χ2n) is 7.01. The lowest BCUT2D eigenvalue weighted by molar-refractivity contribution is -0.143. The zero-order chi connectivity index (χ0) is 20.4. The SMILES string of the molecule is O=C1C(=O)N(Cc2nc(-c3ccc(Cl)cc3)no2)C(=O)N1CCC1=CCCCC1. The summed E-state index contributed by atoms with van der Waals surface area (Å²) in [6.45, 7) is -0.0468. The summed E-state index contributed by atoms with van der Waals surface area (Å²) in [6.07, 6.45) is 7.04. The van der Waals surface area contributed by atoms with Crippen molar-refractivity contribution in [1.29, 1.82) is 0 Å². The Balaban J connectivity index is 1.43. The summed E-state index contributed by atoms with van der Waals surface area (Å²) in [4.78, 5) is 43.2. The average Bonchev–Trinajstić information content (AvgIpc) is 3.28. The molecule has 2 heterocycles. The van der Waals surface area contributed by atoms with Crippen molar-refractivity contribution in [2.45, 2.75) is 38.6 Å². The van der Waals surface area contributed by atoms with E-state index in [0.29, 0.717) is 22.8 Å². The van der Waals surface area contributed by atoms with Crippen LogP contribution in [0.4, 0.5) is 4.79 Å². The van der Waals surface area contributed by atoms with Crippen molar-refractivity contribution in [1.82, 2.24) is 19.9 Å². The first-order valence-electron chi connectivity index (χ1n) is 9.46. The fourth-order valence-electron chi connectivity index (χ4n) is 3.44. The molecule has 8 nitrogen and oxygen atoms in total. The first-order chi connectivity index (χ1) is 14.0. The Morgan fingerprint density at radius 1 is 1.03 bits per heavy atom. The van der Waals surface area contributed by atoms with Crippen molar-refractivity contribution in [3.63, 3.8) is 0 Å². The molecule has 9 heteroatoms. The lowest BCUT2D eigenvalue weighted by Gasteiger charge is -2.17. The molecular weight excluding hydrogens is 396 g/mol. The maximum Gasteiger partial charge on any atom is 0.334 e.